The molecule has 0 N–H and O–H groups in total. The van der Waals surface area contributed by atoms with E-state index in [1.165, 1.54) is 0 Å². The second kappa shape index (κ2) is 4.68. The van der Waals surface area contributed by atoms with Gasteiger partial charge in [-0.05, 0) is 25.0 Å². The second-order valence-corrected chi connectivity index (χ2v) is 5.20. The number of aromatic nitrogens is 2. The van der Waals surface area contributed by atoms with E-state index in [1.807, 2.05) is 0 Å². The molecule has 0 spiro atoms. The smallest absolute Gasteiger partial charge is 0.266 e. The molecule has 2 fully saturated rings. The van der Waals surface area contributed by atoms with E-state index in [1.54, 1.807) is 0 Å². The summed E-state index contributed by atoms with van der Waals surface area (Å²) in [6, 6.07) is 0. The summed E-state index contributed by atoms with van der Waals surface area (Å²) in [6.07, 6.45) is 2.35. The second-order valence-electron chi connectivity index (χ2n) is 5.20. The van der Waals surface area contributed by atoms with Crippen LogP contribution in [-0.4, -0.2) is 54.1 Å². The molecule has 0 bridgehead atoms. The van der Waals surface area contributed by atoms with E-state index in [2.05, 4.69) is 27.0 Å². The number of rotatable bonds is 4. The van der Waals surface area contributed by atoms with Gasteiger partial charge in [0.1, 0.15) is 5.78 Å². The molecule has 18 heavy (non-hydrogen) atoms. The van der Waals surface area contributed by atoms with Crippen molar-refractivity contribution in [1.82, 2.24) is 15.0 Å². The minimum Gasteiger partial charge on any atom is -0.337 e. The van der Waals surface area contributed by atoms with Gasteiger partial charge < -0.3 is 14.3 Å². The number of piperazine rings is 1. The Morgan fingerprint density at radius 1 is 1.33 bits per heavy atom. The first kappa shape index (κ1) is 11.6. The maximum atomic E-state index is 11.7. The highest BCUT2D eigenvalue weighted by molar-refractivity contribution is 5.84. The van der Waals surface area contributed by atoms with Gasteiger partial charge in [-0.3, -0.25) is 4.79 Å². The largest absolute Gasteiger partial charge is 0.337 e. The molecule has 6 heteroatoms. The fraction of sp³-hybridized carbons (Fsp3) is 0.750. The minimum atomic E-state index is 0.239. The molecule has 98 valence electrons. The van der Waals surface area contributed by atoms with Crippen LogP contribution in [0.25, 0.3) is 0 Å². The molecule has 3 rings (SSSR count). The summed E-state index contributed by atoms with van der Waals surface area (Å²) < 4.78 is 5.16. The van der Waals surface area contributed by atoms with Crippen LogP contribution in [0.1, 0.15) is 18.7 Å². The maximum absolute atomic E-state index is 11.7. The van der Waals surface area contributed by atoms with Gasteiger partial charge in [-0.25, -0.2) is 0 Å². The van der Waals surface area contributed by atoms with Crippen molar-refractivity contribution >= 4 is 11.7 Å². The lowest BCUT2D eigenvalue weighted by Crippen LogP contribution is -2.44. The van der Waals surface area contributed by atoms with Crippen molar-refractivity contribution in [2.75, 3.05) is 38.1 Å². The topological polar surface area (TPSA) is 62.5 Å². The molecule has 0 amide bonds. The average Bonchev–Trinajstić information content (AvgIpc) is 3.12. The van der Waals surface area contributed by atoms with Crippen molar-refractivity contribution in [3.8, 4) is 0 Å². The molecule has 2 heterocycles. The number of hydrogen-bond donors (Lipinski definition) is 0. The summed E-state index contributed by atoms with van der Waals surface area (Å²) in [5.41, 5.74) is 0. The molecule has 1 aliphatic carbocycles. The van der Waals surface area contributed by atoms with E-state index in [0.29, 0.717) is 18.3 Å². The summed E-state index contributed by atoms with van der Waals surface area (Å²) in [5.74, 6) is 1.58. The molecule has 1 saturated heterocycles. The summed E-state index contributed by atoms with van der Waals surface area (Å²) in [7, 11) is 2.10. The predicted octanol–water partition coefficient (Wildman–Crippen LogP) is 0.343. The minimum absolute atomic E-state index is 0.239. The highest BCUT2D eigenvalue weighted by Gasteiger charge is 2.30. The first-order valence-electron chi connectivity index (χ1n) is 6.51. The lowest BCUT2D eigenvalue weighted by molar-refractivity contribution is -0.119. The van der Waals surface area contributed by atoms with Crippen molar-refractivity contribution in [2.24, 2.45) is 5.92 Å². The van der Waals surface area contributed by atoms with Gasteiger partial charge in [-0.1, -0.05) is 0 Å². The fourth-order valence-corrected chi connectivity index (χ4v) is 2.15. The van der Waals surface area contributed by atoms with Gasteiger partial charge in [0.2, 0.25) is 5.89 Å². The molecule has 1 aromatic rings. The van der Waals surface area contributed by atoms with Gasteiger partial charge in [0.05, 0.1) is 6.42 Å². The van der Waals surface area contributed by atoms with Crippen LogP contribution in [-0.2, 0) is 11.2 Å². The van der Waals surface area contributed by atoms with Gasteiger partial charge in [0.15, 0.2) is 0 Å². The van der Waals surface area contributed by atoms with E-state index < -0.39 is 0 Å². The zero-order valence-corrected chi connectivity index (χ0v) is 10.6. The zero-order chi connectivity index (χ0) is 12.5. The van der Waals surface area contributed by atoms with E-state index in [4.69, 9.17) is 4.52 Å². The quantitative estimate of drug-likeness (QED) is 0.768. The Morgan fingerprint density at radius 2 is 2.06 bits per heavy atom. The normalized spacial score (nSPS) is 21.3. The Balaban J connectivity index is 1.60. The van der Waals surface area contributed by atoms with Crippen LogP contribution < -0.4 is 4.90 Å². The van der Waals surface area contributed by atoms with Gasteiger partial charge in [-0.15, -0.1) is 0 Å². The molecule has 0 radical (unpaired) electrons. The number of nitrogens with zero attached hydrogens (tertiary/aromatic N) is 4. The number of likely N-dealkylation sites (N-methyl/N-ethyl adjacent to an activating group) is 1. The Hall–Kier alpha value is -1.43. The summed E-state index contributed by atoms with van der Waals surface area (Å²) >= 11 is 0. The lowest BCUT2D eigenvalue weighted by Gasteiger charge is -2.31. The number of hydrogen-bond acceptors (Lipinski definition) is 6. The van der Waals surface area contributed by atoms with Crippen LogP contribution >= 0.6 is 0 Å². The third-order valence-corrected chi connectivity index (χ3v) is 3.60. The fourth-order valence-electron chi connectivity index (χ4n) is 2.15. The van der Waals surface area contributed by atoms with E-state index >= 15 is 0 Å². The van der Waals surface area contributed by atoms with Crippen molar-refractivity contribution in [2.45, 2.75) is 19.3 Å². The standard InChI is InChI=1S/C12H18N4O2/c1-15-4-6-16(7-5-15)12-13-11(18-14-12)8-10(17)9-2-3-9/h9H,2-8H2,1H3. The molecule has 6 nitrogen and oxygen atoms in total. The van der Waals surface area contributed by atoms with E-state index in [0.717, 1.165) is 39.0 Å². The predicted molar refractivity (Wildman–Crippen MR) is 65.4 cm³/mol. The Labute approximate surface area is 106 Å². The SMILES string of the molecule is CN1CCN(c2noc(CC(=O)C3CC3)n2)CC1. The maximum Gasteiger partial charge on any atom is 0.266 e. The summed E-state index contributed by atoms with van der Waals surface area (Å²) in [4.78, 5) is 20.4. The highest BCUT2D eigenvalue weighted by atomic mass is 16.5. The number of ketones is 1. The molecule has 1 aliphatic heterocycles. The molecule has 0 unspecified atom stereocenters. The Morgan fingerprint density at radius 3 is 2.72 bits per heavy atom. The van der Waals surface area contributed by atoms with Crippen LogP contribution in [0.2, 0.25) is 0 Å². The third kappa shape index (κ3) is 2.53. The highest BCUT2D eigenvalue weighted by Crippen LogP contribution is 2.30. The van der Waals surface area contributed by atoms with Crippen molar-refractivity contribution in [1.29, 1.82) is 0 Å². The molecular weight excluding hydrogens is 232 g/mol. The van der Waals surface area contributed by atoms with Crippen LogP contribution in [0.4, 0.5) is 5.95 Å². The molecule has 1 aromatic heterocycles. The zero-order valence-electron chi connectivity index (χ0n) is 10.6. The van der Waals surface area contributed by atoms with Crippen molar-refractivity contribution in [3.63, 3.8) is 0 Å². The molecular formula is C12H18N4O2. The van der Waals surface area contributed by atoms with Gasteiger partial charge in [0.25, 0.3) is 5.95 Å². The van der Waals surface area contributed by atoms with Crippen LogP contribution in [0, 0.1) is 5.92 Å². The Kier molecular flexibility index (Phi) is 3.03. The van der Waals surface area contributed by atoms with Gasteiger partial charge in [-0.2, -0.15) is 4.98 Å². The number of carbonyl (C=O) groups excluding carboxylic acids is 1. The monoisotopic (exact) mass is 250 g/mol. The first-order valence-corrected chi connectivity index (χ1v) is 6.51. The first-order chi connectivity index (χ1) is 8.72. The van der Waals surface area contributed by atoms with Crippen LogP contribution in [0.5, 0.6) is 0 Å². The van der Waals surface area contributed by atoms with Crippen molar-refractivity contribution in [3.05, 3.63) is 5.89 Å². The van der Waals surface area contributed by atoms with Gasteiger partial charge >= 0.3 is 0 Å². The lowest BCUT2D eigenvalue weighted by atomic mass is 10.2. The summed E-state index contributed by atoms with van der Waals surface area (Å²) in [6.45, 7) is 3.83. The van der Waals surface area contributed by atoms with Crippen molar-refractivity contribution < 1.29 is 9.32 Å². The summed E-state index contributed by atoms with van der Waals surface area (Å²) in [5, 5.41) is 3.97. The molecule has 0 atom stereocenters. The van der Waals surface area contributed by atoms with Gasteiger partial charge in [0, 0.05) is 32.1 Å². The number of anilines is 1. The molecule has 1 saturated carbocycles. The number of Topliss-reactive ketones (excluding diaryl/α,β-unsaturated/α-hetero) is 1. The van der Waals surface area contributed by atoms with Crippen LogP contribution in [0.3, 0.4) is 0 Å². The van der Waals surface area contributed by atoms with E-state index in [-0.39, 0.29) is 11.7 Å². The number of carbonyl (C=O) groups is 1. The Bertz CT molecular complexity index is 433. The average molecular weight is 250 g/mol. The van der Waals surface area contributed by atoms with E-state index in [9.17, 15) is 4.79 Å². The molecule has 2 aliphatic rings. The third-order valence-electron chi connectivity index (χ3n) is 3.60. The van der Waals surface area contributed by atoms with Crippen LogP contribution in [0.15, 0.2) is 4.52 Å². The molecule has 0 aromatic carbocycles.